The van der Waals surface area contributed by atoms with E-state index in [9.17, 15) is 18.3 Å². The first-order valence-corrected chi connectivity index (χ1v) is 9.72. The number of hydrogen-bond acceptors (Lipinski definition) is 3. The summed E-state index contributed by atoms with van der Waals surface area (Å²) in [4.78, 5) is 4.28. The average Bonchev–Trinajstić information content (AvgIpc) is 3.11. The average molecular weight is 411 g/mol. The molecule has 0 saturated carbocycles. The molecule has 0 aliphatic rings. The zero-order valence-electron chi connectivity index (χ0n) is 15.1. The minimum atomic E-state index is -4.78. The number of halogens is 3. The molecule has 146 valence electrons. The van der Waals surface area contributed by atoms with E-state index in [2.05, 4.69) is 29.2 Å². The van der Waals surface area contributed by atoms with E-state index in [0.29, 0.717) is 11.6 Å². The summed E-state index contributed by atoms with van der Waals surface area (Å²) in [5.41, 5.74) is 3.83. The van der Waals surface area contributed by atoms with Crippen molar-refractivity contribution in [2.24, 2.45) is 0 Å². The molecule has 4 rings (SSSR count). The smallest absolute Gasteiger partial charge is 0.448 e. The third-order valence-corrected chi connectivity index (χ3v) is 5.56. The molecule has 1 aromatic heterocycles. The second-order valence-corrected chi connectivity index (χ2v) is 7.62. The first-order valence-electron chi connectivity index (χ1n) is 8.90. The molecular weight excluding hydrogens is 395 g/mol. The molecule has 0 bridgehead atoms. The molecular formula is C23H16F3NOS. The molecule has 0 fully saturated rings. The van der Waals surface area contributed by atoms with Gasteiger partial charge in [-0.15, -0.1) is 11.3 Å². The second kappa shape index (κ2) is 7.72. The molecule has 1 N–H and O–H groups in total. The van der Waals surface area contributed by atoms with Gasteiger partial charge >= 0.3 is 6.18 Å². The Morgan fingerprint density at radius 3 is 2.00 bits per heavy atom. The Hall–Kier alpha value is -3.12. The van der Waals surface area contributed by atoms with Crippen LogP contribution in [0.15, 0.2) is 84.6 Å². The molecule has 1 heterocycles. The number of fused-ring (bicyclic) bond motifs is 1. The van der Waals surface area contributed by atoms with Gasteiger partial charge in [0.25, 0.3) is 0 Å². The van der Waals surface area contributed by atoms with Crippen LogP contribution in [0.2, 0.25) is 0 Å². The molecule has 0 atom stereocenters. The van der Waals surface area contributed by atoms with E-state index in [1.54, 1.807) is 0 Å². The van der Waals surface area contributed by atoms with Crippen LogP contribution in [0, 0.1) is 0 Å². The van der Waals surface area contributed by atoms with Crippen molar-refractivity contribution in [2.45, 2.75) is 12.1 Å². The lowest BCUT2D eigenvalue weighted by atomic mass is 9.85. The molecule has 6 heteroatoms. The number of aliphatic hydroxyl groups is 1. The molecule has 2 nitrogen and oxygen atoms in total. The maximum atomic E-state index is 12.6. The fourth-order valence-corrected chi connectivity index (χ4v) is 4.16. The van der Waals surface area contributed by atoms with Crippen LogP contribution in [-0.4, -0.2) is 16.3 Å². The molecule has 4 aromatic rings. The zero-order valence-corrected chi connectivity index (χ0v) is 15.9. The van der Waals surface area contributed by atoms with E-state index in [-0.39, 0.29) is 10.9 Å². The molecule has 0 spiro atoms. The largest absolute Gasteiger partial charge is 0.504 e. The Kier molecular flexibility index (Phi) is 5.11. The Morgan fingerprint density at radius 1 is 0.862 bits per heavy atom. The Balaban J connectivity index is 1.79. The lowest BCUT2D eigenvalue weighted by Crippen LogP contribution is -2.10. The molecule has 0 saturated heterocycles. The summed E-state index contributed by atoms with van der Waals surface area (Å²) in [5, 5.41) is 9.32. The van der Waals surface area contributed by atoms with Gasteiger partial charge in [0.2, 0.25) is 5.76 Å². The number of thiazole rings is 1. The van der Waals surface area contributed by atoms with E-state index in [0.717, 1.165) is 32.7 Å². The number of hydrogen-bond donors (Lipinski definition) is 1. The SMILES string of the molecule is O/C(=C\c1nc2cc(C(c3ccccc3)c3ccccc3)ccc2s1)C(F)(F)F. The van der Waals surface area contributed by atoms with Crippen LogP contribution in [0.25, 0.3) is 16.3 Å². The van der Waals surface area contributed by atoms with Gasteiger partial charge in [-0.3, -0.25) is 0 Å². The lowest BCUT2D eigenvalue weighted by Gasteiger charge is -2.18. The second-order valence-electron chi connectivity index (χ2n) is 6.56. The third-order valence-electron chi connectivity index (χ3n) is 4.58. The van der Waals surface area contributed by atoms with Crippen molar-refractivity contribution in [1.29, 1.82) is 0 Å². The first-order chi connectivity index (χ1) is 13.9. The maximum absolute atomic E-state index is 12.6. The number of benzene rings is 3. The van der Waals surface area contributed by atoms with Crippen molar-refractivity contribution >= 4 is 27.6 Å². The van der Waals surface area contributed by atoms with Gasteiger partial charge in [-0.1, -0.05) is 66.7 Å². The number of allylic oxidation sites excluding steroid dienone is 1. The predicted octanol–water partition coefficient (Wildman–Crippen LogP) is 6.94. The zero-order chi connectivity index (χ0) is 20.4. The minimum Gasteiger partial charge on any atom is -0.504 e. The molecule has 3 aromatic carbocycles. The summed E-state index contributed by atoms with van der Waals surface area (Å²) in [7, 11) is 0. The molecule has 0 aliphatic carbocycles. The fourth-order valence-electron chi connectivity index (χ4n) is 3.27. The minimum absolute atomic E-state index is 0.0222. The van der Waals surface area contributed by atoms with Crippen molar-refractivity contribution in [3.05, 3.63) is 106 Å². The maximum Gasteiger partial charge on any atom is 0.448 e. The van der Waals surface area contributed by atoms with Gasteiger partial charge in [0.05, 0.1) is 10.2 Å². The molecule has 0 amide bonds. The van der Waals surface area contributed by atoms with Crippen molar-refractivity contribution in [1.82, 2.24) is 4.98 Å². The van der Waals surface area contributed by atoms with E-state index in [4.69, 9.17) is 0 Å². The number of aliphatic hydroxyl groups excluding tert-OH is 1. The normalized spacial score (nSPS) is 12.6. The summed E-state index contributed by atoms with van der Waals surface area (Å²) < 4.78 is 38.5. The number of aromatic nitrogens is 1. The van der Waals surface area contributed by atoms with Crippen LogP contribution in [0.5, 0.6) is 0 Å². The Bertz CT molecular complexity index is 1110. The number of nitrogens with zero attached hydrogens (tertiary/aromatic N) is 1. The predicted molar refractivity (Wildman–Crippen MR) is 110 cm³/mol. The molecule has 0 aliphatic heterocycles. The van der Waals surface area contributed by atoms with Crippen LogP contribution >= 0.6 is 11.3 Å². The summed E-state index contributed by atoms with van der Waals surface area (Å²) >= 11 is 1.11. The lowest BCUT2D eigenvalue weighted by molar-refractivity contribution is -0.119. The summed E-state index contributed by atoms with van der Waals surface area (Å²) in [6.07, 6.45) is -4.12. The van der Waals surface area contributed by atoms with Gasteiger partial charge in [-0.05, 0) is 28.8 Å². The van der Waals surface area contributed by atoms with Crippen LogP contribution < -0.4 is 0 Å². The Labute approximate surface area is 169 Å². The highest BCUT2D eigenvalue weighted by Crippen LogP contribution is 2.35. The molecule has 29 heavy (non-hydrogen) atoms. The van der Waals surface area contributed by atoms with Crippen molar-refractivity contribution < 1.29 is 18.3 Å². The van der Waals surface area contributed by atoms with E-state index in [1.807, 2.05) is 54.6 Å². The van der Waals surface area contributed by atoms with Gasteiger partial charge in [-0.2, -0.15) is 13.2 Å². The van der Waals surface area contributed by atoms with Crippen LogP contribution in [-0.2, 0) is 0 Å². The standard InChI is InChI=1S/C23H16F3NOS/c24-23(25,26)20(28)14-21-27-18-13-17(11-12-19(18)29-21)22(15-7-3-1-4-8-15)16-9-5-2-6-10-16/h1-14,22,28H/b20-14-. The van der Waals surface area contributed by atoms with Crippen LogP contribution in [0.1, 0.15) is 27.6 Å². The summed E-state index contributed by atoms with van der Waals surface area (Å²) in [6.45, 7) is 0. The highest BCUT2D eigenvalue weighted by atomic mass is 32.1. The van der Waals surface area contributed by atoms with Crippen molar-refractivity contribution in [3.63, 3.8) is 0 Å². The van der Waals surface area contributed by atoms with Crippen molar-refractivity contribution in [2.75, 3.05) is 0 Å². The topological polar surface area (TPSA) is 33.1 Å². The van der Waals surface area contributed by atoms with Crippen LogP contribution in [0.4, 0.5) is 13.2 Å². The van der Waals surface area contributed by atoms with Gasteiger partial charge < -0.3 is 5.11 Å². The highest BCUT2D eigenvalue weighted by Gasteiger charge is 2.34. The van der Waals surface area contributed by atoms with Gasteiger partial charge in [0.1, 0.15) is 5.01 Å². The first kappa shape index (κ1) is 19.2. The Morgan fingerprint density at radius 2 is 1.45 bits per heavy atom. The summed E-state index contributed by atoms with van der Waals surface area (Å²) in [5.74, 6) is -1.67. The monoisotopic (exact) mass is 411 g/mol. The number of alkyl halides is 3. The van der Waals surface area contributed by atoms with E-state index >= 15 is 0 Å². The molecule has 0 radical (unpaired) electrons. The van der Waals surface area contributed by atoms with E-state index < -0.39 is 11.9 Å². The highest BCUT2D eigenvalue weighted by molar-refractivity contribution is 7.19. The third kappa shape index (κ3) is 4.17. The summed E-state index contributed by atoms with van der Waals surface area (Å²) in [6, 6.07) is 25.8. The fraction of sp³-hybridized carbons (Fsp3) is 0.0870. The van der Waals surface area contributed by atoms with Crippen molar-refractivity contribution in [3.8, 4) is 0 Å². The van der Waals surface area contributed by atoms with Crippen LogP contribution in [0.3, 0.4) is 0 Å². The number of rotatable bonds is 4. The quantitative estimate of drug-likeness (QED) is 0.291. The van der Waals surface area contributed by atoms with Gasteiger partial charge in [0.15, 0.2) is 0 Å². The van der Waals surface area contributed by atoms with Gasteiger partial charge in [-0.25, -0.2) is 4.98 Å². The van der Waals surface area contributed by atoms with Gasteiger partial charge in [0, 0.05) is 12.0 Å². The van der Waals surface area contributed by atoms with E-state index in [1.165, 1.54) is 0 Å². The molecule has 0 unspecified atom stereocenters.